The number of carbonyl (C=O) groups is 2. The van der Waals surface area contributed by atoms with Gasteiger partial charge in [0.25, 0.3) is 5.91 Å². The van der Waals surface area contributed by atoms with Crippen molar-refractivity contribution in [2.24, 2.45) is 0 Å². The highest BCUT2D eigenvalue weighted by molar-refractivity contribution is 5.97. The van der Waals surface area contributed by atoms with E-state index in [0.717, 1.165) is 29.8 Å². The predicted octanol–water partition coefficient (Wildman–Crippen LogP) is 2.89. The lowest BCUT2D eigenvalue weighted by Crippen LogP contribution is -2.25. The van der Waals surface area contributed by atoms with Gasteiger partial charge in [-0.3, -0.25) is 9.59 Å². The largest absolute Gasteiger partial charge is 0.380 e. The summed E-state index contributed by atoms with van der Waals surface area (Å²) in [6, 6.07) is 15.1. The summed E-state index contributed by atoms with van der Waals surface area (Å²) in [6.07, 6.45) is 1.49. The SMILES string of the molecule is COCc1ccccc1CNC(=O)c1ccc(N2CCCC2=O)cc1. The highest BCUT2D eigenvalue weighted by Gasteiger charge is 2.21. The molecule has 0 spiro atoms. The molecule has 130 valence electrons. The first-order valence-electron chi connectivity index (χ1n) is 8.43. The fraction of sp³-hybridized carbons (Fsp3) is 0.300. The van der Waals surface area contributed by atoms with Crippen LogP contribution in [0.25, 0.3) is 0 Å². The third-order valence-electron chi connectivity index (χ3n) is 4.37. The van der Waals surface area contributed by atoms with Gasteiger partial charge in [-0.15, -0.1) is 0 Å². The van der Waals surface area contributed by atoms with Crippen molar-refractivity contribution in [2.45, 2.75) is 26.0 Å². The molecule has 0 saturated carbocycles. The lowest BCUT2D eigenvalue weighted by atomic mass is 10.1. The molecule has 5 nitrogen and oxygen atoms in total. The van der Waals surface area contributed by atoms with Gasteiger partial charge in [0.2, 0.25) is 5.91 Å². The smallest absolute Gasteiger partial charge is 0.251 e. The maximum atomic E-state index is 12.4. The quantitative estimate of drug-likeness (QED) is 0.881. The summed E-state index contributed by atoms with van der Waals surface area (Å²) < 4.78 is 5.19. The van der Waals surface area contributed by atoms with Crippen molar-refractivity contribution < 1.29 is 14.3 Å². The number of rotatable bonds is 6. The topological polar surface area (TPSA) is 58.6 Å². The van der Waals surface area contributed by atoms with Gasteiger partial charge in [0.1, 0.15) is 0 Å². The minimum atomic E-state index is -0.133. The molecule has 1 heterocycles. The minimum absolute atomic E-state index is 0.133. The lowest BCUT2D eigenvalue weighted by molar-refractivity contribution is -0.117. The summed E-state index contributed by atoms with van der Waals surface area (Å²) >= 11 is 0. The van der Waals surface area contributed by atoms with Gasteiger partial charge in [-0.1, -0.05) is 24.3 Å². The van der Waals surface area contributed by atoms with Crippen LogP contribution in [0.4, 0.5) is 5.69 Å². The highest BCUT2D eigenvalue weighted by Crippen LogP contribution is 2.21. The fourth-order valence-electron chi connectivity index (χ4n) is 3.02. The van der Waals surface area contributed by atoms with Crippen molar-refractivity contribution in [3.8, 4) is 0 Å². The van der Waals surface area contributed by atoms with Crippen molar-refractivity contribution in [1.29, 1.82) is 0 Å². The summed E-state index contributed by atoms with van der Waals surface area (Å²) in [4.78, 5) is 25.9. The van der Waals surface area contributed by atoms with E-state index in [2.05, 4.69) is 5.32 Å². The zero-order valence-electron chi connectivity index (χ0n) is 14.3. The number of anilines is 1. The number of amides is 2. The van der Waals surface area contributed by atoms with Crippen molar-refractivity contribution in [2.75, 3.05) is 18.6 Å². The van der Waals surface area contributed by atoms with Crippen LogP contribution >= 0.6 is 0 Å². The van der Waals surface area contributed by atoms with Crippen LogP contribution in [0.5, 0.6) is 0 Å². The Morgan fingerprint density at radius 2 is 1.84 bits per heavy atom. The summed E-state index contributed by atoms with van der Waals surface area (Å²) in [5.74, 6) is 0.0125. The third kappa shape index (κ3) is 4.06. The summed E-state index contributed by atoms with van der Waals surface area (Å²) in [5.41, 5.74) is 3.54. The Bertz CT molecular complexity index is 756. The van der Waals surface area contributed by atoms with Gasteiger partial charge in [0, 0.05) is 37.9 Å². The van der Waals surface area contributed by atoms with Crippen LogP contribution in [0.1, 0.15) is 34.3 Å². The van der Waals surface area contributed by atoms with Crippen LogP contribution in [0, 0.1) is 0 Å². The zero-order valence-corrected chi connectivity index (χ0v) is 14.3. The van der Waals surface area contributed by atoms with E-state index < -0.39 is 0 Å². The van der Waals surface area contributed by atoms with E-state index in [1.54, 1.807) is 24.1 Å². The molecule has 1 fully saturated rings. The minimum Gasteiger partial charge on any atom is -0.380 e. The third-order valence-corrected chi connectivity index (χ3v) is 4.37. The molecule has 0 radical (unpaired) electrons. The molecule has 25 heavy (non-hydrogen) atoms. The summed E-state index contributed by atoms with van der Waals surface area (Å²) in [5, 5.41) is 2.94. The first kappa shape index (κ1) is 17.2. The second-order valence-corrected chi connectivity index (χ2v) is 6.08. The summed E-state index contributed by atoms with van der Waals surface area (Å²) in [7, 11) is 1.65. The number of nitrogens with one attached hydrogen (secondary N) is 1. The van der Waals surface area contributed by atoms with Gasteiger partial charge in [0.15, 0.2) is 0 Å². The Balaban J connectivity index is 1.63. The molecule has 0 bridgehead atoms. The van der Waals surface area contributed by atoms with Gasteiger partial charge < -0.3 is 15.0 Å². The number of hydrogen-bond acceptors (Lipinski definition) is 3. The molecule has 1 aliphatic heterocycles. The van der Waals surface area contributed by atoms with Crippen LogP contribution in [0.15, 0.2) is 48.5 Å². The van der Waals surface area contributed by atoms with E-state index in [1.165, 1.54) is 0 Å². The van der Waals surface area contributed by atoms with Crippen molar-refractivity contribution in [3.05, 3.63) is 65.2 Å². The Labute approximate surface area is 147 Å². The van der Waals surface area contributed by atoms with Gasteiger partial charge >= 0.3 is 0 Å². The Morgan fingerprint density at radius 1 is 1.12 bits per heavy atom. The first-order valence-corrected chi connectivity index (χ1v) is 8.43. The first-order chi connectivity index (χ1) is 12.2. The number of ether oxygens (including phenoxy) is 1. The van der Waals surface area contributed by atoms with E-state index in [4.69, 9.17) is 4.74 Å². The van der Waals surface area contributed by atoms with Gasteiger partial charge in [-0.05, 0) is 41.8 Å². The molecule has 5 heteroatoms. The van der Waals surface area contributed by atoms with Crippen LogP contribution in [-0.4, -0.2) is 25.5 Å². The average molecular weight is 338 g/mol. The highest BCUT2D eigenvalue weighted by atomic mass is 16.5. The van der Waals surface area contributed by atoms with Gasteiger partial charge in [-0.2, -0.15) is 0 Å². The number of methoxy groups -OCH3 is 1. The van der Waals surface area contributed by atoms with Gasteiger partial charge in [-0.25, -0.2) is 0 Å². The molecule has 1 N–H and O–H groups in total. The normalized spacial score (nSPS) is 14.0. The Kier molecular flexibility index (Phi) is 5.46. The van der Waals surface area contributed by atoms with Gasteiger partial charge in [0.05, 0.1) is 6.61 Å². The van der Waals surface area contributed by atoms with Crippen molar-refractivity contribution in [3.63, 3.8) is 0 Å². The monoisotopic (exact) mass is 338 g/mol. The maximum Gasteiger partial charge on any atom is 0.251 e. The maximum absolute atomic E-state index is 12.4. The van der Waals surface area contributed by atoms with E-state index in [-0.39, 0.29) is 11.8 Å². The van der Waals surface area contributed by atoms with Crippen molar-refractivity contribution in [1.82, 2.24) is 5.32 Å². The summed E-state index contributed by atoms with van der Waals surface area (Å²) in [6.45, 7) is 1.72. The van der Waals surface area contributed by atoms with Crippen molar-refractivity contribution >= 4 is 17.5 Å². The molecule has 0 aliphatic carbocycles. The predicted molar refractivity (Wildman–Crippen MR) is 96.4 cm³/mol. The number of nitrogens with zero attached hydrogens (tertiary/aromatic N) is 1. The van der Waals surface area contributed by atoms with Crippen LogP contribution < -0.4 is 10.2 Å². The molecule has 1 aliphatic rings. The second-order valence-electron chi connectivity index (χ2n) is 6.08. The molecule has 3 rings (SSSR count). The average Bonchev–Trinajstić information content (AvgIpc) is 3.07. The number of carbonyl (C=O) groups excluding carboxylic acids is 2. The number of benzene rings is 2. The zero-order chi connectivity index (χ0) is 17.6. The molecule has 1 saturated heterocycles. The molecule has 0 unspecified atom stereocenters. The van der Waals surface area contributed by atoms with Crippen LogP contribution in [0.2, 0.25) is 0 Å². The molecular formula is C20H22N2O3. The van der Waals surface area contributed by atoms with E-state index >= 15 is 0 Å². The Hall–Kier alpha value is -2.66. The van der Waals surface area contributed by atoms with Crippen LogP contribution in [0.3, 0.4) is 0 Å². The Morgan fingerprint density at radius 3 is 2.48 bits per heavy atom. The second kappa shape index (κ2) is 7.94. The fourth-order valence-corrected chi connectivity index (χ4v) is 3.02. The van der Waals surface area contributed by atoms with E-state index in [9.17, 15) is 9.59 Å². The molecular weight excluding hydrogens is 316 g/mol. The molecule has 0 aromatic heterocycles. The molecule has 2 aromatic carbocycles. The van der Waals surface area contributed by atoms with E-state index in [0.29, 0.717) is 25.1 Å². The van der Waals surface area contributed by atoms with Crippen LogP contribution in [-0.2, 0) is 22.7 Å². The lowest BCUT2D eigenvalue weighted by Gasteiger charge is -2.16. The molecule has 2 amide bonds. The molecule has 2 aromatic rings. The standard InChI is InChI=1S/C20H22N2O3/c1-25-14-17-6-3-2-5-16(17)13-21-20(24)15-8-10-18(11-9-15)22-12-4-7-19(22)23/h2-3,5-6,8-11H,4,7,12-14H2,1H3,(H,21,24). The number of hydrogen-bond donors (Lipinski definition) is 1. The molecule has 0 atom stereocenters. The van der Waals surface area contributed by atoms with E-state index in [1.807, 2.05) is 36.4 Å².